The van der Waals surface area contributed by atoms with Crippen molar-refractivity contribution in [1.29, 1.82) is 5.26 Å². The lowest BCUT2D eigenvalue weighted by molar-refractivity contribution is 0.103. The number of nitrogens with zero attached hydrogens (tertiary/aromatic N) is 2. The second-order valence-corrected chi connectivity index (χ2v) is 8.34. The van der Waals surface area contributed by atoms with Gasteiger partial charge in [-0.1, -0.05) is 0 Å². The summed E-state index contributed by atoms with van der Waals surface area (Å²) in [7, 11) is -4.76. The molecule has 0 amide bonds. The molecule has 0 radical (unpaired) electrons. The highest BCUT2D eigenvalue weighted by Gasteiger charge is 2.28. The van der Waals surface area contributed by atoms with Gasteiger partial charge >= 0.3 is 0 Å². The molecule has 166 valence electrons. The number of carbonyl (C=O) groups excluding carboxylic acids is 1. The summed E-state index contributed by atoms with van der Waals surface area (Å²) in [5, 5.41) is 9.31. The van der Waals surface area contributed by atoms with E-state index in [2.05, 4.69) is 9.97 Å². The number of sulfonamides is 1. The molecule has 0 fully saturated rings. The molecule has 2 aromatic carbocycles. The molecule has 0 saturated heterocycles. The summed E-state index contributed by atoms with van der Waals surface area (Å²) < 4.78 is 83.3. The quantitative estimate of drug-likeness (QED) is 0.335. The number of aromatic nitrogens is 2. The largest absolute Gasteiger partial charge is 0.345 e. The average Bonchev–Trinajstić information content (AvgIpc) is 3.20. The van der Waals surface area contributed by atoms with Gasteiger partial charge in [0, 0.05) is 23.8 Å². The molecule has 0 atom stereocenters. The molecule has 0 saturated carbocycles. The van der Waals surface area contributed by atoms with Gasteiger partial charge in [-0.05, 0) is 30.3 Å². The number of H-pyrrole nitrogens is 1. The maximum Gasteiger partial charge on any atom is 0.264 e. The minimum atomic E-state index is -4.76. The van der Waals surface area contributed by atoms with Gasteiger partial charge in [-0.15, -0.1) is 0 Å². The van der Waals surface area contributed by atoms with Crippen molar-refractivity contribution in [2.75, 3.05) is 4.72 Å². The van der Waals surface area contributed by atoms with E-state index >= 15 is 4.39 Å². The van der Waals surface area contributed by atoms with Gasteiger partial charge in [0.15, 0.2) is 5.82 Å². The number of ketones is 1. The molecule has 2 heterocycles. The minimum absolute atomic E-state index is 0.0223. The van der Waals surface area contributed by atoms with E-state index in [1.54, 1.807) is 4.72 Å². The van der Waals surface area contributed by atoms with Crippen molar-refractivity contribution >= 4 is 32.5 Å². The van der Waals surface area contributed by atoms with Gasteiger partial charge in [-0.3, -0.25) is 9.52 Å². The van der Waals surface area contributed by atoms with Crippen LogP contribution in [0.15, 0.2) is 53.7 Å². The Labute approximate surface area is 183 Å². The number of fused-ring (bicyclic) bond motifs is 1. The van der Waals surface area contributed by atoms with Crippen molar-refractivity contribution in [3.05, 3.63) is 88.8 Å². The van der Waals surface area contributed by atoms with Crippen molar-refractivity contribution in [1.82, 2.24) is 9.97 Å². The van der Waals surface area contributed by atoms with Crippen LogP contribution in [-0.2, 0) is 10.0 Å². The number of benzene rings is 2. The first-order valence-electron chi connectivity index (χ1n) is 9.01. The summed E-state index contributed by atoms with van der Waals surface area (Å²) in [6.07, 6.45) is 2.42. The summed E-state index contributed by atoms with van der Waals surface area (Å²) in [5.74, 6) is -6.52. The van der Waals surface area contributed by atoms with Gasteiger partial charge in [-0.25, -0.2) is 31.0 Å². The third kappa shape index (κ3) is 3.79. The maximum atomic E-state index is 15.1. The zero-order valence-electron chi connectivity index (χ0n) is 16.2. The second-order valence-electron chi connectivity index (χ2n) is 6.69. The summed E-state index contributed by atoms with van der Waals surface area (Å²) in [4.78, 5) is 18.6. The Kier molecular flexibility index (Phi) is 5.35. The van der Waals surface area contributed by atoms with Crippen LogP contribution in [0.4, 0.5) is 23.2 Å². The monoisotopic (exact) mass is 474 g/mol. The van der Waals surface area contributed by atoms with Crippen LogP contribution in [0, 0.1) is 34.6 Å². The molecule has 0 unspecified atom stereocenters. The topological polar surface area (TPSA) is 116 Å². The van der Waals surface area contributed by atoms with Crippen LogP contribution in [0.1, 0.15) is 21.5 Å². The molecule has 0 aliphatic heterocycles. The van der Waals surface area contributed by atoms with Gasteiger partial charge in [-0.2, -0.15) is 5.26 Å². The van der Waals surface area contributed by atoms with Gasteiger partial charge in [0.2, 0.25) is 5.78 Å². The highest BCUT2D eigenvalue weighted by molar-refractivity contribution is 7.92. The van der Waals surface area contributed by atoms with Crippen molar-refractivity contribution in [2.45, 2.75) is 4.90 Å². The summed E-state index contributed by atoms with van der Waals surface area (Å²) in [6, 6.07) is 6.14. The van der Waals surface area contributed by atoms with E-state index < -0.39 is 55.2 Å². The van der Waals surface area contributed by atoms with E-state index in [0.717, 1.165) is 6.20 Å². The fourth-order valence-corrected chi connectivity index (χ4v) is 4.32. The number of anilines is 1. The molecule has 0 bridgehead atoms. The van der Waals surface area contributed by atoms with E-state index in [9.17, 15) is 31.6 Å². The molecular formula is C21H10F4N4O3S. The van der Waals surface area contributed by atoms with Gasteiger partial charge in [0.05, 0.1) is 28.4 Å². The predicted octanol–water partition coefficient (Wildman–Crippen LogP) is 4.02. The van der Waals surface area contributed by atoms with Crippen LogP contribution in [0.2, 0.25) is 0 Å². The molecule has 0 aliphatic carbocycles. The average molecular weight is 474 g/mol. The van der Waals surface area contributed by atoms with Crippen LogP contribution in [0.5, 0.6) is 0 Å². The number of rotatable bonds is 5. The number of hydrogen-bond donors (Lipinski definition) is 2. The lowest BCUT2D eigenvalue weighted by Crippen LogP contribution is -2.17. The van der Waals surface area contributed by atoms with Gasteiger partial charge < -0.3 is 4.98 Å². The first-order chi connectivity index (χ1) is 15.6. The fourth-order valence-electron chi connectivity index (χ4n) is 3.20. The normalized spacial score (nSPS) is 11.4. The summed E-state index contributed by atoms with van der Waals surface area (Å²) in [5.41, 5.74) is -2.07. The lowest BCUT2D eigenvalue weighted by atomic mass is 10.00. The molecular weight excluding hydrogens is 464 g/mol. The maximum absolute atomic E-state index is 15.1. The smallest absolute Gasteiger partial charge is 0.264 e. The highest BCUT2D eigenvalue weighted by Crippen LogP contribution is 2.29. The van der Waals surface area contributed by atoms with Crippen molar-refractivity contribution in [3.8, 4) is 6.07 Å². The van der Waals surface area contributed by atoms with Crippen molar-refractivity contribution < 1.29 is 30.8 Å². The van der Waals surface area contributed by atoms with Gasteiger partial charge in [0.25, 0.3) is 10.0 Å². The Hall–Kier alpha value is -4.24. The van der Waals surface area contributed by atoms with Crippen LogP contribution in [0.25, 0.3) is 11.0 Å². The standard InChI is InChI=1S/C21H10F4N4O3S/c22-11-1-4-16(14(24)7-11)33(31,32)29-15-3-2-13(23)18(19(15)25)20(30)12-9-28-21-17(12)10(8-26)5-6-27-21/h1-7,9,29H,(H,27,28). The molecule has 33 heavy (non-hydrogen) atoms. The molecule has 4 aromatic rings. The first-order valence-corrected chi connectivity index (χ1v) is 10.5. The third-order valence-corrected chi connectivity index (χ3v) is 6.08. The predicted molar refractivity (Wildman–Crippen MR) is 108 cm³/mol. The Morgan fingerprint density at radius 2 is 1.82 bits per heavy atom. The number of carbonyl (C=O) groups is 1. The van der Waals surface area contributed by atoms with E-state index in [4.69, 9.17) is 0 Å². The molecule has 2 aromatic heterocycles. The van der Waals surface area contributed by atoms with Crippen LogP contribution < -0.4 is 4.72 Å². The molecule has 0 spiro atoms. The lowest BCUT2D eigenvalue weighted by Gasteiger charge is -2.12. The van der Waals surface area contributed by atoms with Crippen LogP contribution >= 0.6 is 0 Å². The van der Waals surface area contributed by atoms with Crippen molar-refractivity contribution in [3.63, 3.8) is 0 Å². The van der Waals surface area contributed by atoms with E-state index in [1.165, 1.54) is 12.3 Å². The Bertz CT molecular complexity index is 1590. The number of pyridine rings is 1. The Morgan fingerprint density at radius 1 is 1.06 bits per heavy atom. The SMILES string of the molecule is N#Cc1ccnc2[nH]cc(C(=O)c3c(F)ccc(NS(=O)(=O)c4ccc(F)cc4F)c3F)c12. The molecule has 12 heteroatoms. The number of nitriles is 1. The molecule has 7 nitrogen and oxygen atoms in total. The molecule has 0 aliphatic rings. The van der Waals surface area contributed by atoms with Crippen molar-refractivity contribution in [2.24, 2.45) is 0 Å². The van der Waals surface area contributed by atoms with E-state index in [-0.39, 0.29) is 22.2 Å². The number of nitrogens with one attached hydrogen (secondary N) is 2. The molecule has 4 rings (SSSR count). The minimum Gasteiger partial charge on any atom is -0.345 e. The van der Waals surface area contributed by atoms with Crippen LogP contribution in [-0.4, -0.2) is 24.2 Å². The number of halogens is 4. The van der Waals surface area contributed by atoms with Crippen LogP contribution in [0.3, 0.4) is 0 Å². The zero-order chi connectivity index (χ0) is 23.9. The Balaban J connectivity index is 1.80. The van der Waals surface area contributed by atoms with E-state index in [1.807, 2.05) is 6.07 Å². The molecule has 2 N–H and O–H groups in total. The fraction of sp³-hybridized carbons (Fsp3) is 0. The van der Waals surface area contributed by atoms with Gasteiger partial charge in [0.1, 0.15) is 28.0 Å². The second kappa shape index (κ2) is 8.03. The summed E-state index contributed by atoms with van der Waals surface area (Å²) in [6.45, 7) is 0. The third-order valence-electron chi connectivity index (χ3n) is 4.68. The Morgan fingerprint density at radius 3 is 2.52 bits per heavy atom. The number of aromatic amines is 1. The number of hydrogen-bond acceptors (Lipinski definition) is 5. The highest BCUT2D eigenvalue weighted by atomic mass is 32.2. The van der Waals surface area contributed by atoms with E-state index in [0.29, 0.717) is 30.3 Å². The zero-order valence-corrected chi connectivity index (χ0v) is 17.0. The first kappa shape index (κ1) is 22.0. The summed E-state index contributed by atoms with van der Waals surface area (Å²) >= 11 is 0.